The molecular weight excluding hydrogens is 283 g/mol. The van der Waals surface area contributed by atoms with E-state index in [9.17, 15) is 14.0 Å². The van der Waals surface area contributed by atoms with Gasteiger partial charge in [-0.05, 0) is 37.3 Å². The second-order valence-corrected chi connectivity index (χ2v) is 6.68. The molecule has 0 saturated heterocycles. The second kappa shape index (κ2) is 4.64. The Hall–Kier alpha value is -1.71. The minimum absolute atomic E-state index is 0.0163. The van der Waals surface area contributed by atoms with Gasteiger partial charge < -0.3 is 4.74 Å². The number of rotatable bonds is 3. The first kappa shape index (κ1) is 13.9. The standard InChI is InChI=1S/C18H19FO3/c1-2-22-17(21)18-12-8-5-7-10(12)16(20)15(18)14(18)11-6-3-4-9-13(11)19/h3-4,6,9-10,12,14-15H,2,5,7-8H2,1H3/t10-,12+,14-,15+,18-/m0/s1. The number of hydrogen-bond acceptors (Lipinski definition) is 3. The Morgan fingerprint density at radius 3 is 2.82 bits per heavy atom. The molecule has 1 aromatic carbocycles. The van der Waals surface area contributed by atoms with Crippen LogP contribution in [-0.2, 0) is 14.3 Å². The van der Waals surface area contributed by atoms with E-state index in [1.54, 1.807) is 25.1 Å². The fourth-order valence-corrected chi connectivity index (χ4v) is 5.20. The summed E-state index contributed by atoms with van der Waals surface area (Å²) in [5, 5.41) is 0. The van der Waals surface area contributed by atoms with Gasteiger partial charge in [-0.25, -0.2) is 4.39 Å². The SMILES string of the molecule is CCOC(=O)[C@]12[C@@H]3CCC[C@@H]3C(=O)[C@H]1[C@@H]2c1ccccc1F. The minimum Gasteiger partial charge on any atom is -0.466 e. The number of hydrogen-bond donors (Lipinski definition) is 0. The molecule has 0 heterocycles. The van der Waals surface area contributed by atoms with Crippen molar-refractivity contribution < 1.29 is 18.7 Å². The van der Waals surface area contributed by atoms with Crippen molar-refractivity contribution in [3.63, 3.8) is 0 Å². The second-order valence-electron chi connectivity index (χ2n) is 6.68. The molecule has 3 fully saturated rings. The molecule has 5 atom stereocenters. The van der Waals surface area contributed by atoms with E-state index in [0.29, 0.717) is 12.2 Å². The lowest BCUT2D eigenvalue weighted by Crippen LogP contribution is -2.30. The van der Waals surface area contributed by atoms with Crippen LogP contribution in [0.5, 0.6) is 0 Å². The van der Waals surface area contributed by atoms with Crippen LogP contribution < -0.4 is 0 Å². The Bertz CT molecular complexity index is 655. The summed E-state index contributed by atoms with van der Waals surface area (Å²) in [5.74, 6) is -1.16. The monoisotopic (exact) mass is 302 g/mol. The predicted octanol–water partition coefficient (Wildman–Crippen LogP) is 3.09. The average molecular weight is 302 g/mol. The van der Waals surface area contributed by atoms with Gasteiger partial charge in [0.2, 0.25) is 0 Å². The van der Waals surface area contributed by atoms with E-state index < -0.39 is 5.41 Å². The van der Waals surface area contributed by atoms with Crippen molar-refractivity contribution in [2.75, 3.05) is 6.61 Å². The van der Waals surface area contributed by atoms with Crippen LogP contribution in [0.3, 0.4) is 0 Å². The molecule has 0 amide bonds. The van der Waals surface area contributed by atoms with Gasteiger partial charge in [0.05, 0.1) is 12.0 Å². The highest BCUT2D eigenvalue weighted by atomic mass is 19.1. The summed E-state index contributed by atoms with van der Waals surface area (Å²) in [7, 11) is 0. The highest BCUT2D eigenvalue weighted by Crippen LogP contribution is 2.78. The number of esters is 1. The molecule has 1 aromatic rings. The lowest BCUT2D eigenvalue weighted by molar-refractivity contribution is -0.152. The van der Waals surface area contributed by atoms with Crippen molar-refractivity contribution >= 4 is 11.8 Å². The van der Waals surface area contributed by atoms with Gasteiger partial charge in [-0.3, -0.25) is 9.59 Å². The molecule has 0 unspecified atom stereocenters. The predicted molar refractivity (Wildman–Crippen MR) is 77.5 cm³/mol. The first-order valence-corrected chi connectivity index (χ1v) is 8.09. The Labute approximate surface area is 128 Å². The number of carbonyl (C=O) groups excluding carboxylic acids is 2. The molecule has 4 rings (SSSR count). The maximum Gasteiger partial charge on any atom is 0.313 e. The maximum atomic E-state index is 14.2. The van der Waals surface area contributed by atoms with E-state index in [2.05, 4.69) is 0 Å². The molecule has 3 aliphatic rings. The number of benzene rings is 1. The van der Waals surface area contributed by atoms with Crippen LogP contribution in [0.2, 0.25) is 0 Å². The molecule has 0 N–H and O–H groups in total. The van der Waals surface area contributed by atoms with E-state index in [0.717, 1.165) is 19.3 Å². The third-order valence-electron chi connectivity index (χ3n) is 5.92. The van der Waals surface area contributed by atoms with Gasteiger partial charge in [-0.2, -0.15) is 0 Å². The lowest BCUT2D eigenvalue weighted by atomic mass is 9.80. The highest BCUT2D eigenvalue weighted by molar-refractivity contribution is 6.03. The van der Waals surface area contributed by atoms with Crippen molar-refractivity contribution in [3.05, 3.63) is 35.6 Å². The zero-order valence-electron chi connectivity index (χ0n) is 12.5. The molecule has 116 valence electrons. The maximum absolute atomic E-state index is 14.2. The molecule has 0 aliphatic heterocycles. The van der Waals surface area contributed by atoms with Gasteiger partial charge in [-0.15, -0.1) is 0 Å². The normalized spacial score (nSPS) is 38.5. The first-order chi connectivity index (χ1) is 10.6. The summed E-state index contributed by atoms with van der Waals surface area (Å²) in [4.78, 5) is 25.4. The van der Waals surface area contributed by atoms with Gasteiger partial charge in [0, 0.05) is 17.8 Å². The molecule has 4 heteroatoms. The number of carbonyl (C=O) groups is 2. The third-order valence-corrected chi connectivity index (χ3v) is 5.92. The van der Waals surface area contributed by atoms with Crippen LogP contribution in [0.1, 0.15) is 37.7 Å². The summed E-state index contributed by atoms with van der Waals surface area (Å²) in [6.07, 6.45) is 2.71. The molecule has 0 radical (unpaired) electrons. The van der Waals surface area contributed by atoms with Crippen LogP contribution in [0.15, 0.2) is 24.3 Å². The van der Waals surface area contributed by atoms with Crippen molar-refractivity contribution in [3.8, 4) is 0 Å². The Kier molecular flexibility index (Phi) is 2.94. The molecule has 3 aliphatic carbocycles. The summed E-state index contributed by atoms with van der Waals surface area (Å²) in [5.41, 5.74) is -0.296. The summed E-state index contributed by atoms with van der Waals surface area (Å²) >= 11 is 0. The van der Waals surface area contributed by atoms with Crippen LogP contribution in [-0.4, -0.2) is 18.4 Å². The quantitative estimate of drug-likeness (QED) is 0.806. The Morgan fingerprint density at radius 2 is 2.09 bits per heavy atom. The van der Waals surface area contributed by atoms with Crippen LogP contribution in [0.25, 0.3) is 0 Å². The zero-order chi connectivity index (χ0) is 15.5. The topological polar surface area (TPSA) is 43.4 Å². The molecule has 22 heavy (non-hydrogen) atoms. The largest absolute Gasteiger partial charge is 0.466 e. The van der Waals surface area contributed by atoms with Gasteiger partial charge in [-0.1, -0.05) is 24.6 Å². The van der Waals surface area contributed by atoms with Crippen LogP contribution in [0.4, 0.5) is 4.39 Å². The van der Waals surface area contributed by atoms with E-state index in [1.807, 2.05) is 0 Å². The van der Waals surface area contributed by atoms with E-state index >= 15 is 0 Å². The number of halogens is 1. The minimum atomic E-state index is -0.795. The molecule has 3 nitrogen and oxygen atoms in total. The molecule has 3 saturated carbocycles. The first-order valence-electron chi connectivity index (χ1n) is 8.09. The average Bonchev–Trinajstić information content (AvgIpc) is 2.83. The van der Waals surface area contributed by atoms with Gasteiger partial charge in [0.15, 0.2) is 0 Å². The smallest absolute Gasteiger partial charge is 0.313 e. The molecule has 0 spiro atoms. The molecule has 0 aromatic heterocycles. The number of fused-ring (bicyclic) bond motifs is 3. The van der Waals surface area contributed by atoms with E-state index in [1.165, 1.54) is 6.07 Å². The highest BCUT2D eigenvalue weighted by Gasteiger charge is 2.83. The van der Waals surface area contributed by atoms with Crippen LogP contribution >= 0.6 is 0 Å². The third kappa shape index (κ3) is 1.50. The molecule has 0 bridgehead atoms. The van der Waals surface area contributed by atoms with Gasteiger partial charge in [0.25, 0.3) is 0 Å². The number of ketones is 1. The summed E-state index contributed by atoms with van der Waals surface area (Å²) < 4.78 is 19.5. The fraction of sp³-hybridized carbons (Fsp3) is 0.556. The van der Waals surface area contributed by atoms with Crippen LogP contribution in [0, 0.1) is 29.0 Å². The van der Waals surface area contributed by atoms with Crippen molar-refractivity contribution in [1.29, 1.82) is 0 Å². The number of ether oxygens (including phenoxy) is 1. The van der Waals surface area contributed by atoms with E-state index in [4.69, 9.17) is 4.74 Å². The van der Waals surface area contributed by atoms with Gasteiger partial charge >= 0.3 is 5.97 Å². The lowest BCUT2D eigenvalue weighted by Gasteiger charge is -2.23. The van der Waals surface area contributed by atoms with E-state index in [-0.39, 0.29) is 41.2 Å². The number of Topliss-reactive ketones (excluding diaryl/α,β-unsaturated/α-hetero) is 1. The van der Waals surface area contributed by atoms with Crippen molar-refractivity contribution in [2.45, 2.75) is 32.1 Å². The fourth-order valence-electron chi connectivity index (χ4n) is 5.20. The summed E-state index contributed by atoms with van der Waals surface area (Å²) in [6, 6.07) is 6.51. The van der Waals surface area contributed by atoms with Gasteiger partial charge in [0.1, 0.15) is 11.6 Å². The molecular formula is C18H19FO3. The Balaban J connectivity index is 1.80. The zero-order valence-corrected chi connectivity index (χ0v) is 12.5. The summed E-state index contributed by atoms with van der Waals surface area (Å²) in [6.45, 7) is 2.07. The Morgan fingerprint density at radius 1 is 1.32 bits per heavy atom. The van der Waals surface area contributed by atoms with Crippen molar-refractivity contribution in [1.82, 2.24) is 0 Å². The van der Waals surface area contributed by atoms with Crippen molar-refractivity contribution in [2.24, 2.45) is 23.2 Å².